The molecule has 2 heterocycles. The van der Waals surface area contributed by atoms with Crippen LogP contribution in [0.25, 0.3) is 0 Å². The fourth-order valence-corrected chi connectivity index (χ4v) is 2.56. The summed E-state index contributed by atoms with van der Waals surface area (Å²) in [5.74, 6) is 0.564. The van der Waals surface area contributed by atoms with E-state index in [1.54, 1.807) is 13.2 Å². The first-order chi connectivity index (χ1) is 9.65. The van der Waals surface area contributed by atoms with Gasteiger partial charge in [-0.25, -0.2) is 4.98 Å². The standard InChI is InChI=1S/C14H23N5O/c1-4-19-7-5-11(6-8-19)18(3)14(20)12-9-16-10-13(15-2)17-12/h9-11H,4-8H2,1-3H3,(H,15,17). The number of hydrogen-bond donors (Lipinski definition) is 1. The van der Waals surface area contributed by atoms with Crippen LogP contribution in [0.15, 0.2) is 12.4 Å². The molecule has 0 radical (unpaired) electrons. The van der Waals surface area contributed by atoms with Gasteiger partial charge >= 0.3 is 0 Å². The van der Waals surface area contributed by atoms with Crippen molar-refractivity contribution in [3.8, 4) is 0 Å². The molecule has 1 aromatic heterocycles. The summed E-state index contributed by atoms with van der Waals surface area (Å²) in [7, 11) is 3.63. The number of carbonyl (C=O) groups is 1. The Labute approximate surface area is 120 Å². The number of likely N-dealkylation sites (tertiary alicyclic amines) is 1. The van der Waals surface area contributed by atoms with E-state index in [9.17, 15) is 4.79 Å². The van der Waals surface area contributed by atoms with E-state index in [4.69, 9.17) is 0 Å². The number of aromatic nitrogens is 2. The van der Waals surface area contributed by atoms with Crippen LogP contribution in [0.1, 0.15) is 30.3 Å². The minimum atomic E-state index is -0.0513. The zero-order chi connectivity index (χ0) is 14.5. The second-order valence-corrected chi connectivity index (χ2v) is 5.12. The molecule has 20 heavy (non-hydrogen) atoms. The van der Waals surface area contributed by atoms with Gasteiger partial charge in [-0.3, -0.25) is 9.78 Å². The molecule has 0 spiro atoms. The van der Waals surface area contributed by atoms with E-state index in [1.165, 1.54) is 6.20 Å². The van der Waals surface area contributed by atoms with Crippen LogP contribution in [0.5, 0.6) is 0 Å². The second kappa shape index (κ2) is 6.65. The van der Waals surface area contributed by atoms with E-state index in [0.717, 1.165) is 32.5 Å². The van der Waals surface area contributed by atoms with Gasteiger partial charge in [0, 0.05) is 33.2 Å². The van der Waals surface area contributed by atoms with E-state index in [2.05, 4.69) is 27.1 Å². The number of carbonyl (C=O) groups excluding carboxylic acids is 1. The van der Waals surface area contributed by atoms with Crippen LogP contribution in [0.3, 0.4) is 0 Å². The summed E-state index contributed by atoms with van der Waals surface area (Å²) in [6.45, 7) is 5.37. The van der Waals surface area contributed by atoms with E-state index >= 15 is 0 Å². The lowest BCUT2D eigenvalue weighted by Gasteiger charge is -2.36. The van der Waals surface area contributed by atoms with Crippen LogP contribution in [0.2, 0.25) is 0 Å². The van der Waals surface area contributed by atoms with Crippen molar-refractivity contribution in [2.45, 2.75) is 25.8 Å². The fourth-order valence-electron chi connectivity index (χ4n) is 2.56. The first-order valence-corrected chi connectivity index (χ1v) is 7.15. The highest BCUT2D eigenvalue weighted by Crippen LogP contribution is 2.17. The molecule has 110 valence electrons. The molecule has 0 unspecified atom stereocenters. The lowest BCUT2D eigenvalue weighted by atomic mass is 10.0. The van der Waals surface area contributed by atoms with E-state index in [0.29, 0.717) is 17.6 Å². The molecule has 1 aliphatic rings. The van der Waals surface area contributed by atoms with Gasteiger partial charge in [-0.05, 0) is 19.4 Å². The van der Waals surface area contributed by atoms with Crippen LogP contribution in [0.4, 0.5) is 5.82 Å². The topological polar surface area (TPSA) is 61.4 Å². The molecule has 1 amide bonds. The van der Waals surface area contributed by atoms with Gasteiger partial charge in [0.25, 0.3) is 5.91 Å². The minimum Gasteiger partial charge on any atom is -0.372 e. The Kier molecular flexibility index (Phi) is 4.89. The fraction of sp³-hybridized carbons (Fsp3) is 0.643. The third kappa shape index (κ3) is 3.25. The van der Waals surface area contributed by atoms with Crippen LogP contribution in [-0.4, -0.2) is 65.4 Å². The molecular weight excluding hydrogens is 254 g/mol. The lowest BCUT2D eigenvalue weighted by molar-refractivity contribution is 0.0641. The minimum absolute atomic E-state index is 0.0513. The molecule has 0 saturated carbocycles. The van der Waals surface area contributed by atoms with Crippen LogP contribution < -0.4 is 5.32 Å². The molecule has 1 saturated heterocycles. The monoisotopic (exact) mass is 277 g/mol. The van der Waals surface area contributed by atoms with Crippen LogP contribution in [0, 0.1) is 0 Å². The quantitative estimate of drug-likeness (QED) is 0.892. The van der Waals surface area contributed by atoms with Crippen molar-refractivity contribution in [1.29, 1.82) is 0 Å². The van der Waals surface area contributed by atoms with Gasteiger partial charge in [-0.15, -0.1) is 0 Å². The van der Waals surface area contributed by atoms with Crippen molar-refractivity contribution in [3.05, 3.63) is 18.1 Å². The van der Waals surface area contributed by atoms with Gasteiger partial charge in [0.15, 0.2) is 0 Å². The largest absolute Gasteiger partial charge is 0.372 e. The SMILES string of the molecule is CCN1CCC(N(C)C(=O)c2cncc(NC)n2)CC1. The number of anilines is 1. The summed E-state index contributed by atoms with van der Waals surface area (Å²) >= 11 is 0. The number of nitrogens with zero attached hydrogens (tertiary/aromatic N) is 4. The van der Waals surface area contributed by atoms with Crippen molar-refractivity contribution in [2.24, 2.45) is 0 Å². The molecule has 6 nitrogen and oxygen atoms in total. The normalized spacial score (nSPS) is 16.9. The third-order valence-electron chi connectivity index (χ3n) is 3.98. The highest BCUT2D eigenvalue weighted by molar-refractivity contribution is 5.92. The molecule has 0 aliphatic carbocycles. The average molecular weight is 277 g/mol. The molecule has 1 aliphatic heterocycles. The van der Waals surface area contributed by atoms with Gasteiger partial charge < -0.3 is 15.1 Å². The maximum Gasteiger partial charge on any atom is 0.274 e. The summed E-state index contributed by atoms with van der Waals surface area (Å²) in [6, 6.07) is 0.297. The summed E-state index contributed by atoms with van der Waals surface area (Å²) < 4.78 is 0. The second-order valence-electron chi connectivity index (χ2n) is 5.12. The predicted octanol–water partition coefficient (Wildman–Crippen LogP) is 1.07. The summed E-state index contributed by atoms with van der Waals surface area (Å²) in [5.41, 5.74) is 0.400. The van der Waals surface area contributed by atoms with Gasteiger partial charge in [0.05, 0.1) is 12.4 Å². The smallest absolute Gasteiger partial charge is 0.274 e. The Morgan fingerprint density at radius 1 is 1.45 bits per heavy atom. The maximum absolute atomic E-state index is 12.4. The molecule has 1 fully saturated rings. The molecule has 0 bridgehead atoms. The van der Waals surface area contributed by atoms with E-state index < -0.39 is 0 Å². The number of nitrogens with one attached hydrogen (secondary N) is 1. The van der Waals surface area contributed by atoms with Gasteiger partial charge in [0.1, 0.15) is 11.5 Å². The summed E-state index contributed by atoms with van der Waals surface area (Å²) in [6.07, 6.45) is 5.18. The number of amides is 1. The Bertz CT molecular complexity index is 457. The number of piperidine rings is 1. The zero-order valence-electron chi connectivity index (χ0n) is 12.5. The van der Waals surface area contributed by atoms with Crippen LogP contribution >= 0.6 is 0 Å². The first-order valence-electron chi connectivity index (χ1n) is 7.15. The molecule has 0 aromatic carbocycles. The molecule has 1 aromatic rings. The molecule has 0 atom stereocenters. The highest BCUT2D eigenvalue weighted by atomic mass is 16.2. The zero-order valence-corrected chi connectivity index (χ0v) is 12.5. The van der Waals surface area contributed by atoms with Gasteiger partial charge in [-0.1, -0.05) is 6.92 Å². The van der Waals surface area contributed by atoms with E-state index in [1.807, 2.05) is 11.9 Å². The lowest BCUT2D eigenvalue weighted by Crippen LogP contribution is -2.45. The Balaban J connectivity index is 2.01. The third-order valence-corrected chi connectivity index (χ3v) is 3.98. The molecular formula is C14H23N5O. The van der Waals surface area contributed by atoms with Gasteiger partial charge in [-0.2, -0.15) is 0 Å². The summed E-state index contributed by atoms with van der Waals surface area (Å²) in [5, 5.41) is 2.90. The highest BCUT2D eigenvalue weighted by Gasteiger charge is 2.26. The predicted molar refractivity (Wildman–Crippen MR) is 78.8 cm³/mol. The van der Waals surface area contributed by atoms with E-state index in [-0.39, 0.29) is 5.91 Å². The van der Waals surface area contributed by atoms with Crippen molar-refractivity contribution >= 4 is 11.7 Å². The number of rotatable bonds is 4. The summed E-state index contributed by atoms with van der Waals surface area (Å²) in [4.78, 5) is 25.0. The Morgan fingerprint density at radius 3 is 2.75 bits per heavy atom. The Morgan fingerprint density at radius 2 is 2.15 bits per heavy atom. The number of hydrogen-bond acceptors (Lipinski definition) is 5. The maximum atomic E-state index is 12.4. The van der Waals surface area contributed by atoms with Crippen molar-refractivity contribution in [3.63, 3.8) is 0 Å². The van der Waals surface area contributed by atoms with Gasteiger partial charge in [0.2, 0.25) is 0 Å². The van der Waals surface area contributed by atoms with Crippen molar-refractivity contribution in [1.82, 2.24) is 19.8 Å². The molecule has 1 N–H and O–H groups in total. The molecule has 2 rings (SSSR count). The molecule has 6 heteroatoms. The van der Waals surface area contributed by atoms with Crippen molar-refractivity contribution < 1.29 is 4.79 Å². The average Bonchev–Trinajstić information content (AvgIpc) is 2.53. The Hall–Kier alpha value is -1.69. The first kappa shape index (κ1) is 14.7. The van der Waals surface area contributed by atoms with Crippen LogP contribution in [-0.2, 0) is 0 Å². The van der Waals surface area contributed by atoms with Crippen molar-refractivity contribution in [2.75, 3.05) is 39.0 Å².